The van der Waals surface area contributed by atoms with E-state index in [0.717, 1.165) is 0 Å². The summed E-state index contributed by atoms with van der Waals surface area (Å²) < 4.78 is 20.6. The van der Waals surface area contributed by atoms with Gasteiger partial charge in [-0.1, -0.05) is 22.7 Å². The van der Waals surface area contributed by atoms with Crippen LogP contribution in [0.15, 0.2) is 18.2 Å². The number of hydrogen-bond donors (Lipinski definition) is 1. The molecule has 3 nitrogen and oxygen atoms in total. The second kappa shape index (κ2) is 3.89. The van der Waals surface area contributed by atoms with Gasteiger partial charge in [0.2, 0.25) is 0 Å². The van der Waals surface area contributed by atoms with Crippen LogP contribution < -0.4 is 0 Å². The molecule has 1 aromatic carbocycles. The van der Waals surface area contributed by atoms with E-state index in [1.165, 1.54) is 18.2 Å². The maximum absolute atomic E-state index is 10.3. The maximum atomic E-state index is 10.3. The Kier molecular flexibility index (Phi) is 3.08. The van der Waals surface area contributed by atoms with Crippen molar-refractivity contribution in [1.29, 1.82) is 0 Å². The fourth-order valence-corrected chi connectivity index (χ4v) is 1.56. The fraction of sp³-hybridized carbons (Fsp3) is 0.143. The molecule has 1 atom stereocenters. The van der Waals surface area contributed by atoms with Crippen LogP contribution in [0, 0.1) is 0 Å². The normalized spacial score (nSPS) is 12.8. The average Bonchev–Trinajstić information content (AvgIpc) is 1.96. The molecule has 0 aliphatic carbocycles. The van der Waals surface area contributed by atoms with E-state index in [-0.39, 0.29) is 11.5 Å². The predicted molar refractivity (Wildman–Crippen MR) is 45.7 cm³/mol. The van der Waals surface area contributed by atoms with Gasteiger partial charge >= 0.3 is 0 Å². The fourth-order valence-electron chi connectivity index (χ4n) is 0.799. The lowest BCUT2D eigenvalue weighted by molar-refractivity contribution is 0.474. The summed E-state index contributed by atoms with van der Waals surface area (Å²) >= 11 is 3.48. The van der Waals surface area contributed by atoms with E-state index >= 15 is 0 Å². The van der Waals surface area contributed by atoms with Gasteiger partial charge in [0.15, 0.2) is 0 Å². The van der Waals surface area contributed by atoms with Gasteiger partial charge in [-0.3, -0.25) is 4.21 Å². The topological polar surface area (TPSA) is 60.4 Å². The monoisotopic (exact) mass is 205 g/mol. The van der Waals surface area contributed by atoms with Crippen LogP contribution in [0.3, 0.4) is 0 Å². The molecule has 1 unspecified atom stereocenters. The lowest BCUT2D eigenvalue weighted by Gasteiger charge is -2.06. The van der Waals surface area contributed by atoms with Crippen molar-refractivity contribution >= 4 is 22.7 Å². The van der Waals surface area contributed by atoms with E-state index < -0.39 is 11.1 Å². The summed E-state index contributed by atoms with van der Waals surface area (Å²) in [4.78, 5) is 0. The van der Waals surface area contributed by atoms with Gasteiger partial charge in [-0.25, -0.2) is 0 Å². The van der Waals surface area contributed by atoms with E-state index in [2.05, 4.69) is 0 Å². The zero-order valence-corrected chi connectivity index (χ0v) is 7.56. The largest absolute Gasteiger partial charge is 0.772 e. The molecule has 0 fully saturated rings. The standard InChI is InChI=1S/C7H7ClO3S/c8-7-2-1-6(9)3-5(7)4-12(10)11/h1-3,9H,4H2,(H,10,11)/p-1. The van der Waals surface area contributed by atoms with Gasteiger partial charge in [-0.2, -0.15) is 0 Å². The number of hydrogen-bond acceptors (Lipinski definition) is 3. The number of halogens is 1. The van der Waals surface area contributed by atoms with Crippen LogP contribution in [0.5, 0.6) is 5.75 Å². The van der Waals surface area contributed by atoms with Gasteiger partial charge in [0.25, 0.3) is 0 Å². The minimum Gasteiger partial charge on any atom is -0.772 e. The number of rotatable bonds is 2. The molecule has 0 spiro atoms. The molecule has 0 saturated carbocycles. The zero-order valence-electron chi connectivity index (χ0n) is 5.99. The molecule has 0 aromatic heterocycles. The average molecular weight is 206 g/mol. The highest BCUT2D eigenvalue weighted by atomic mass is 35.5. The van der Waals surface area contributed by atoms with Crippen molar-refractivity contribution < 1.29 is 13.9 Å². The summed E-state index contributed by atoms with van der Waals surface area (Å²) in [5.74, 6) is -0.160. The Labute approximate surface area is 77.3 Å². The molecular weight excluding hydrogens is 200 g/mol. The van der Waals surface area contributed by atoms with Crippen LogP contribution in [0.2, 0.25) is 5.02 Å². The molecule has 1 rings (SSSR count). The summed E-state index contributed by atoms with van der Waals surface area (Å²) in [6.07, 6.45) is 0. The number of benzene rings is 1. The molecule has 0 aliphatic rings. The van der Waals surface area contributed by atoms with Crippen molar-refractivity contribution in [2.75, 3.05) is 0 Å². The first-order valence-corrected chi connectivity index (χ1v) is 4.75. The van der Waals surface area contributed by atoms with Gasteiger partial charge in [-0.05, 0) is 23.8 Å². The Bertz CT molecular complexity index is 314. The van der Waals surface area contributed by atoms with Crippen LogP contribution in [-0.2, 0) is 16.8 Å². The summed E-state index contributed by atoms with van der Waals surface area (Å²) in [5.41, 5.74) is 0.407. The molecule has 66 valence electrons. The Morgan fingerprint density at radius 2 is 2.25 bits per heavy atom. The van der Waals surface area contributed by atoms with Crippen LogP contribution in [0.1, 0.15) is 5.56 Å². The second-order valence-corrected chi connectivity index (χ2v) is 3.53. The second-order valence-electron chi connectivity index (χ2n) is 2.22. The van der Waals surface area contributed by atoms with E-state index in [9.17, 15) is 8.76 Å². The molecule has 0 amide bonds. The van der Waals surface area contributed by atoms with Crippen molar-refractivity contribution in [2.45, 2.75) is 5.75 Å². The van der Waals surface area contributed by atoms with E-state index in [1.54, 1.807) is 0 Å². The third-order valence-electron chi connectivity index (χ3n) is 1.30. The van der Waals surface area contributed by atoms with Crippen LogP contribution in [0.25, 0.3) is 0 Å². The highest BCUT2D eigenvalue weighted by molar-refractivity contribution is 7.78. The van der Waals surface area contributed by atoms with Gasteiger partial charge in [-0.15, -0.1) is 0 Å². The Hall–Kier alpha value is -0.580. The summed E-state index contributed by atoms with van der Waals surface area (Å²) in [6.45, 7) is 0. The van der Waals surface area contributed by atoms with Crippen molar-refractivity contribution in [3.05, 3.63) is 28.8 Å². The van der Waals surface area contributed by atoms with Gasteiger partial charge < -0.3 is 9.66 Å². The molecule has 0 radical (unpaired) electrons. The lowest BCUT2D eigenvalue weighted by Crippen LogP contribution is -1.93. The SMILES string of the molecule is O=S([O-])Cc1cc(O)ccc1Cl. The maximum Gasteiger partial charge on any atom is 0.115 e. The summed E-state index contributed by atoms with van der Waals surface area (Å²) in [7, 11) is 0. The lowest BCUT2D eigenvalue weighted by atomic mass is 10.2. The zero-order chi connectivity index (χ0) is 9.14. The van der Waals surface area contributed by atoms with Gasteiger partial charge in [0.1, 0.15) is 5.75 Å². The third-order valence-corrected chi connectivity index (χ3v) is 2.22. The van der Waals surface area contributed by atoms with Gasteiger partial charge in [0, 0.05) is 10.8 Å². The molecule has 0 bridgehead atoms. The first kappa shape index (κ1) is 9.51. The Morgan fingerprint density at radius 1 is 1.58 bits per heavy atom. The molecule has 0 aliphatic heterocycles. The molecule has 1 aromatic rings. The van der Waals surface area contributed by atoms with Crippen LogP contribution >= 0.6 is 11.6 Å². The molecule has 12 heavy (non-hydrogen) atoms. The molecular formula is C7H6ClO3S-. The van der Waals surface area contributed by atoms with Gasteiger partial charge in [0.05, 0.1) is 0 Å². The highest BCUT2D eigenvalue weighted by Crippen LogP contribution is 2.21. The smallest absolute Gasteiger partial charge is 0.115 e. The summed E-state index contributed by atoms with van der Waals surface area (Å²) in [6, 6.07) is 4.19. The Balaban J connectivity index is 2.97. The van der Waals surface area contributed by atoms with Crippen LogP contribution in [-0.4, -0.2) is 13.9 Å². The number of phenolic OH excluding ortho intramolecular Hbond substituents is 1. The molecule has 0 saturated heterocycles. The van der Waals surface area contributed by atoms with Crippen molar-refractivity contribution in [1.82, 2.24) is 0 Å². The molecule has 1 N–H and O–H groups in total. The first-order valence-electron chi connectivity index (χ1n) is 3.13. The highest BCUT2D eigenvalue weighted by Gasteiger charge is 2.00. The number of phenols is 1. The first-order chi connectivity index (χ1) is 5.59. The Morgan fingerprint density at radius 3 is 2.83 bits per heavy atom. The molecule has 5 heteroatoms. The van der Waals surface area contributed by atoms with E-state index in [4.69, 9.17) is 16.7 Å². The van der Waals surface area contributed by atoms with Crippen molar-refractivity contribution in [3.63, 3.8) is 0 Å². The minimum atomic E-state index is -2.18. The molecule has 0 heterocycles. The third kappa shape index (κ3) is 2.48. The minimum absolute atomic E-state index is 0.0138. The predicted octanol–water partition coefficient (Wildman–Crippen LogP) is 1.42. The summed E-state index contributed by atoms with van der Waals surface area (Å²) in [5, 5.41) is 9.34. The van der Waals surface area contributed by atoms with Crippen molar-refractivity contribution in [3.8, 4) is 5.75 Å². The number of aromatic hydroxyl groups is 1. The van der Waals surface area contributed by atoms with Crippen LogP contribution in [0.4, 0.5) is 0 Å². The quantitative estimate of drug-likeness (QED) is 0.743. The van der Waals surface area contributed by atoms with Crippen molar-refractivity contribution in [2.24, 2.45) is 0 Å². The van der Waals surface area contributed by atoms with E-state index in [0.29, 0.717) is 10.6 Å². The van der Waals surface area contributed by atoms with E-state index in [1.807, 2.05) is 0 Å².